The summed E-state index contributed by atoms with van der Waals surface area (Å²) in [6.45, 7) is 1.55. The van der Waals surface area contributed by atoms with Gasteiger partial charge in [0.15, 0.2) is 5.82 Å². The van der Waals surface area contributed by atoms with E-state index in [4.69, 9.17) is 10.7 Å². The smallest absolute Gasteiger partial charge is 0.294 e. The summed E-state index contributed by atoms with van der Waals surface area (Å²) in [5, 5.41) is 0. The second-order valence-corrected chi connectivity index (χ2v) is 11.1. The molecule has 1 aromatic carbocycles. The van der Waals surface area contributed by atoms with Gasteiger partial charge >= 0.3 is 0 Å². The van der Waals surface area contributed by atoms with E-state index in [2.05, 4.69) is 26.5 Å². The Kier molecular flexibility index (Phi) is 5.91. The summed E-state index contributed by atoms with van der Waals surface area (Å²) in [6, 6.07) is 10.6. The topological polar surface area (TPSA) is 67.4 Å². The largest absolute Gasteiger partial charge is 0.350 e. The van der Waals surface area contributed by atoms with E-state index in [-0.39, 0.29) is 17.6 Å². The number of para-hydroxylation sites is 2. The Bertz CT molecular complexity index is 1030. The highest BCUT2D eigenvalue weighted by Crippen LogP contribution is 2.44. The van der Waals surface area contributed by atoms with Gasteiger partial charge in [-0.3, -0.25) is 9.69 Å². The molecule has 0 radical (unpaired) electrons. The summed E-state index contributed by atoms with van der Waals surface area (Å²) in [4.78, 5) is 23.7. The number of fused-ring (bicyclic) bond motifs is 3. The zero-order valence-electron chi connectivity index (χ0n) is 19.9. The molecule has 2 bridgehead atoms. The van der Waals surface area contributed by atoms with E-state index in [1.807, 2.05) is 12.1 Å². The number of rotatable bonds is 3. The lowest BCUT2D eigenvalue weighted by Gasteiger charge is -2.45. The SMILES string of the molecule is N[C@@H]1CCN(c2nc3ccccc3n(C3C[C@H]4CC[C@@H](C3)N4C3CCCCCCC3)c2=O)C1. The lowest BCUT2D eigenvalue weighted by Crippen LogP contribution is -2.50. The third kappa shape index (κ3) is 3.99. The zero-order valence-corrected chi connectivity index (χ0v) is 19.9. The van der Waals surface area contributed by atoms with Gasteiger partial charge in [0.05, 0.1) is 11.0 Å². The monoisotopic (exact) mass is 449 g/mol. The normalized spacial score (nSPS) is 31.7. The van der Waals surface area contributed by atoms with Crippen molar-refractivity contribution < 1.29 is 0 Å². The molecule has 4 aliphatic rings. The van der Waals surface area contributed by atoms with Crippen LogP contribution in [0, 0.1) is 0 Å². The molecule has 2 N–H and O–H groups in total. The first kappa shape index (κ1) is 21.6. The summed E-state index contributed by atoms with van der Waals surface area (Å²) < 4.78 is 2.13. The first-order valence-electron chi connectivity index (χ1n) is 13.5. The van der Waals surface area contributed by atoms with Crippen molar-refractivity contribution in [3.05, 3.63) is 34.6 Å². The van der Waals surface area contributed by atoms with Crippen LogP contribution in [0.5, 0.6) is 0 Å². The average molecular weight is 450 g/mol. The lowest BCUT2D eigenvalue weighted by atomic mass is 9.89. The van der Waals surface area contributed by atoms with Crippen LogP contribution in [0.4, 0.5) is 5.82 Å². The van der Waals surface area contributed by atoms with E-state index < -0.39 is 0 Å². The van der Waals surface area contributed by atoms with Gasteiger partial charge in [-0.25, -0.2) is 4.98 Å². The van der Waals surface area contributed by atoms with Crippen molar-refractivity contribution in [2.75, 3.05) is 18.0 Å². The maximum atomic E-state index is 13.9. The molecule has 6 nitrogen and oxygen atoms in total. The molecule has 33 heavy (non-hydrogen) atoms. The standard InChI is InChI=1S/C27H39N5O/c28-19-14-15-30(18-19)26-27(33)32(25-11-7-6-10-24(25)29-26)23-16-21-12-13-22(17-23)31(21)20-8-4-2-1-3-5-9-20/h6-7,10-11,19-23H,1-5,8-9,12-18,28H2/t19-,21-,22+,23?/m1/s1. The molecule has 6 rings (SSSR count). The van der Waals surface area contributed by atoms with Gasteiger partial charge in [-0.15, -0.1) is 0 Å². The number of benzene rings is 1. The number of aromatic nitrogens is 2. The Morgan fingerprint density at radius 3 is 2.21 bits per heavy atom. The molecule has 0 amide bonds. The minimum Gasteiger partial charge on any atom is -0.350 e. The first-order chi connectivity index (χ1) is 16.2. The Hall–Kier alpha value is -1.92. The summed E-state index contributed by atoms with van der Waals surface area (Å²) >= 11 is 0. The molecule has 1 aromatic heterocycles. The van der Waals surface area contributed by atoms with Gasteiger partial charge in [0, 0.05) is 43.3 Å². The number of hydrogen-bond acceptors (Lipinski definition) is 5. The van der Waals surface area contributed by atoms with Crippen LogP contribution in [-0.2, 0) is 0 Å². The van der Waals surface area contributed by atoms with Gasteiger partial charge in [0.2, 0.25) is 0 Å². The predicted octanol–water partition coefficient (Wildman–Crippen LogP) is 4.21. The quantitative estimate of drug-likeness (QED) is 0.760. The third-order valence-corrected chi connectivity index (χ3v) is 8.93. The highest BCUT2D eigenvalue weighted by Gasteiger charge is 2.44. The van der Waals surface area contributed by atoms with Crippen molar-refractivity contribution in [2.45, 2.75) is 107 Å². The first-order valence-corrected chi connectivity index (χ1v) is 13.5. The number of piperidine rings is 1. The average Bonchev–Trinajstić information content (AvgIpc) is 3.33. The number of anilines is 1. The molecule has 6 heteroatoms. The molecule has 4 fully saturated rings. The van der Waals surface area contributed by atoms with E-state index in [1.165, 1.54) is 57.8 Å². The van der Waals surface area contributed by atoms with Crippen LogP contribution in [0.15, 0.2) is 29.1 Å². The molecule has 1 unspecified atom stereocenters. The summed E-state index contributed by atoms with van der Waals surface area (Å²) in [5.41, 5.74) is 8.19. The minimum absolute atomic E-state index is 0.0894. The van der Waals surface area contributed by atoms with Gasteiger partial charge in [-0.1, -0.05) is 44.2 Å². The summed E-state index contributed by atoms with van der Waals surface area (Å²) in [7, 11) is 0. The van der Waals surface area contributed by atoms with Crippen LogP contribution in [0.25, 0.3) is 11.0 Å². The number of nitrogens with two attached hydrogens (primary N) is 1. The molecule has 0 spiro atoms. The lowest BCUT2D eigenvalue weighted by molar-refractivity contribution is 0.0498. The van der Waals surface area contributed by atoms with Crippen LogP contribution in [0.1, 0.15) is 83.1 Å². The fourth-order valence-electron chi connectivity index (χ4n) is 7.41. The van der Waals surface area contributed by atoms with Crippen LogP contribution in [0.2, 0.25) is 0 Å². The fraction of sp³-hybridized carbons (Fsp3) is 0.704. The zero-order chi connectivity index (χ0) is 22.4. The van der Waals surface area contributed by atoms with E-state index >= 15 is 0 Å². The van der Waals surface area contributed by atoms with Crippen LogP contribution >= 0.6 is 0 Å². The van der Waals surface area contributed by atoms with Gasteiger partial charge in [-0.05, 0) is 57.1 Å². The van der Waals surface area contributed by atoms with Gasteiger partial charge < -0.3 is 15.2 Å². The summed E-state index contributed by atoms with van der Waals surface area (Å²) in [5.74, 6) is 0.608. The van der Waals surface area contributed by atoms with Crippen LogP contribution in [-0.4, -0.2) is 51.7 Å². The molecule has 3 saturated heterocycles. The summed E-state index contributed by atoms with van der Waals surface area (Å²) in [6.07, 6.45) is 15.5. The Balaban J connectivity index is 1.33. The Labute approximate surface area is 197 Å². The number of nitrogens with zero attached hydrogens (tertiary/aromatic N) is 4. The van der Waals surface area contributed by atoms with E-state index in [0.717, 1.165) is 49.4 Å². The van der Waals surface area contributed by atoms with Gasteiger partial charge in [0.1, 0.15) is 0 Å². The third-order valence-electron chi connectivity index (χ3n) is 8.93. The van der Waals surface area contributed by atoms with Gasteiger partial charge in [0.25, 0.3) is 5.56 Å². The highest BCUT2D eigenvalue weighted by atomic mass is 16.1. The fourth-order valence-corrected chi connectivity index (χ4v) is 7.41. The molecular weight excluding hydrogens is 410 g/mol. The molecule has 178 valence electrons. The van der Waals surface area contributed by atoms with Crippen LogP contribution < -0.4 is 16.2 Å². The van der Waals surface area contributed by atoms with Crippen molar-refractivity contribution in [1.82, 2.24) is 14.5 Å². The second-order valence-electron chi connectivity index (χ2n) is 11.1. The Morgan fingerprint density at radius 2 is 1.52 bits per heavy atom. The van der Waals surface area contributed by atoms with Crippen molar-refractivity contribution >= 4 is 16.9 Å². The van der Waals surface area contributed by atoms with Crippen molar-refractivity contribution in [3.63, 3.8) is 0 Å². The van der Waals surface area contributed by atoms with Crippen molar-refractivity contribution in [2.24, 2.45) is 5.73 Å². The molecule has 4 atom stereocenters. The highest BCUT2D eigenvalue weighted by molar-refractivity contribution is 5.76. The molecule has 1 saturated carbocycles. The molecule has 3 aliphatic heterocycles. The number of hydrogen-bond donors (Lipinski definition) is 1. The van der Waals surface area contributed by atoms with Crippen molar-refractivity contribution in [1.29, 1.82) is 0 Å². The van der Waals surface area contributed by atoms with Crippen molar-refractivity contribution in [3.8, 4) is 0 Å². The van der Waals surface area contributed by atoms with E-state index in [1.54, 1.807) is 0 Å². The molecular formula is C27H39N5O. The van der Waals surface area contributed by atoms with E-state index in [9.17, 15) is 4.79 Å². The predicted molar refractivity (Wildman–Crippen MR) is 134 cm³/mol. The molecule has 1 aliphatic carbocycles. The van der Waals surface area contributed by atoms with E-state index in [0.29, 0.717) is 17.9 Å². The maximum Gasteiger partial charge on any atom is 0.294 e. The minimum atomic E-state index is 0.0894. The second kappa shape index (κ2) is 9.03. The molecule has 4 heterocycles. The van der Waals surface area contributed by atoms with Crippen LogP contribution in [0.3, 0.4) is 0 Å². The Morgan fingerprint density at radius 1 is 0.818 bits per heavy atom. The maximum absolute atomic E-state index is 13.9. The molecule has 2 aromatic rings. The van der Waals surface area contributed by atoms with Gasteiger partial charge in [-0.2, -0.15) is 0 Å².